The zero-order chi connectivity index (χ0) is 11.3. The topological polar surface area (TPSA) is 13.1 Å². The van der Waals surface area contributed by atoms with E-state index in [-0.39, 0.29) is 5.41 Å². The van der Waals surface area contributed by atoms with Gasteiger partial charge in [0.05, 0.1) is 6.26 Å². The maximum Gasteiger partial charge on any atom is 0.108 e. The number of rotatable bonds is 0. The highest BCUT2D eigenvalue weighted by atomic mass is 16.3. The van der Waals surface area contributed by atoms with Crippen molar-refractivity contribution in [2.45, 2.75) is 38.5 Å². The van der Waals surface area contributed by atoms with Gasteiger partial charge in [-0.25, -0.2) is 0 Å². The molecule has 1 radical (unpaired) electrons. The van der Waals surface area contributed by atoms with E-state index in [1.165, 1.54) is 23.3 Å². The van der Waals surface area contributed by atoms with Gasteiger partial charge in [0.1, 0.15) is 5.76 Å². The minimum absolute atomic E-state index is 0.252. The van der Waals surface area contributed by atoms with Crippen LogP contribution in [-0.2, 0) is 11.8 Å². The van der Waals surface area contributed by atoms with E-state index < -0.39 is 0 Å². The molecule has 0 aromatic carbocycles. The second-order valence-electron chi connectivity index (χ2n) is 5.82. The maximum absolute atomic E-state index is 5.63. The summed E-state index contributed by atoms with van der Waals surface area (Å²) >= 11 is 0. The Bertz CT molecular complexity index is 436. The zero-order valence-corrected chi connectivity index (χ0v) is 10.1. The summed E-state index contributed by atoms with van der Waals surface area (Å²) in [5.74, 6) is 2.58. The molecule has 2 aliphatic rings. The fraction of sp³-hybridized carbons (Fsp3) is 0.533. The highest BCUT2D eigenvalue weighted by Crippen LogP contribution is 2.49. The molecule has 1 aromatic rings. The molecule has 1 heteroatoms. The smallest absolute Gasteiger partial charge is 0.108 e. The van der Waals surface area contributed by atoms with E-state index in [1.807, 2.05) is 6.26 Å². The van der Waals surface area contributed by atoms with Gasteiger partial charge in [0.2, 0.25) is 0 Å². The number of hydrogen-bond donors (Lipinski definition) is 0. The Morgan fingerprint density at radius 3 is 3.06 bits per heavy atom. The van der Waals surface area contributed by atoms with E-state index in [0.717, 1.165) is 18.8 Å². The Morgan fingerprint density at radius 2 is 2.25 bits per heavy atom. The molecule has 0 aliphatic heterocycles. The van der Waals surface area contributed by atoms with Crippen LogP contribution in [0.4, 0.5) is 0 Å². The average molecular weight is 215 g/mol. The molecule has 16 heavy (non-hydrogen) atoms. The molecule has 0 bridgehead atoms. The lowest BCUT2D eigenvalue weighted by molar-refractivity contribution is 0.188. The van der Waals surface area contributed by atoms with Gasteiger partial charge >= 0.3 is 0 Å². The predicted molar refractivity (Wildman–Crippen MR) is 65.1 cm³/mol. The van der Waals surface area contributed by atoms with Crippen molar-refractivity contribution in [1.29, 1.82) is 0 Å². The molecule has 2 atom stereocenters. The Morgan fingerprint density at radius 1 is 1.44 bits per heavy atom. The van der Waals surface area contributed by atoms with Crippen molar-refractivity contribution in [2.75, 3.05) is 0 Å². The molecule has 0 fully saturated rings. The second-order valence-corrected chi connectivity index (χ2v) is 5.82. The Kier molecular flexibility index (Phi) is 2.07. The first-order valence-corrected chi connectivity index (χ1v) is 6.18. The van der Waals surface area contributed by atoms with Gasteiger partial charge < -0.3 is 4.42 Å². The van der Waals surface area contributed by atoms with Crippen molar-refractivity contribution >= 4 is 0 Å². The Labute approximate surface area is 97.5 Å². The van der Waals surface area contributed by atoms with E-state index in [1.54, 1.807) is 0 Å². The van der Waals surface area contributed by atoms with E-state index in [9.17, 15) is 0 Å². The van der Waals surface area contributed by atoms with Gasteiger partial charge in [-0.1, -0.05) is 25.5 Å². The fourth-order valence-corrected chi connectivity index (χ4v) is 3.64. The van der Waals surface area contributed by atoms with Gasteiger partial charge in [-0.2, -0.15) is 0 Å². The van der Waals surface area contributed by atoms with E-state index in [4.69, 9.17) is 4.42 Å². The van der Waals surface area contributed by atoms with Crippen molar-refractivity contribution in [2.24, 2.45) is 11.8 Å². The van der Waals surface area contributed by atoms with Crippen LogP contribution in [0.3, 0.4) is 0 Å². The first kappa shape index (κ1) is 10.2. The second kappa shape index (κ2) is 3.26. The predicted octanol–water partition coefficient (Wildman–Crippen LogP) is 3.90. The molecule has 1 nitrogen and oxygen atoms in total. The molecule has 1 heterocycles. The SMILES string of the molecule is [CH2]C1=C[C@H]2Cc3occc3C(C)(C)[C@H]2CC1. The summed E-state index contributed by atoms with van der Waals surface area (Å²) in [6, 6.07) is 2.16. The van der Waals surface area contributed by atoms with Gasteiger partial charge in [0.25, 0.3) is 0 Å². The third-order valence-corrected chi connectivity index (χ3v) is 4.53. The molecule has 2 aliphatic carbocycles. The van der Waals surface area contributed by atoms with E-state index in [0.29, 0.717) is 5.92 Å². The van der Waals surface area contributed by atoms with Gasteiger partial charge in [-0.05, 0) is 48.6 Å². The summed E-state index contributed by atoms with van der Waals surface area (Å²) in [7, 11) is 0. The maximum atomic E-state index is 5.63. The molecule has 0 saturated heterocycles. The number of hydrogen-bond acceptors (Lipinski definition) is 1. The van der Waals surface area contributed by atoms with Crippen LogP contribution in [0.5, 0.6) is 0 Å². The molecule has 0 amide bonds. The minimum atomic E-state index is 0.252. The monoisotopic (exact) mass is 215 g/mol. The van der Waals surface area contributed by atoms with Crippen LogP contribution in [0.15, 0.2) is 28.4 Å². The first-order chi connectivity index (χ1) is 7.59. The molecule has 0 saturated carbocycles. The molecule has 3 rings (SSSR count). The van der Waals surface area contributed by atoms with Gasteiger partial charge in [-0.3, -0.25) is 0 Å². The lowest BCUT2D eigenvalue weighted by Gasteiger charge is -2.44. The Hall–Kier alpha value is -0.980. The summed E-state index contributed by atoms with van der Waals surface area (Å²) < 4.78 is 5.63. The van der Waals surface area contributed by atoms with Gasteiger partial charge in [0.15, 0.2) is 0 Å². The highest BCUT2D eigenvalue weighted by Gasteiger charge is 2.43. The summed E-state index contributed by atoms with van der Waals surface area (Å²) in [5, 5.41) is 0. The van der Waals surface area contributed by atoms with Crippen LogP contribution >= 0.6 is 0 Å². The molecular formula is C15H19O. The fourth-order valence-electron chi connectivity index (χ4n) is 3.64. The number of allylic oxidation sites excluding steroid dienone is 2. The molecule has 85 valence electrons. The van der Waals surface area contributed by atoms with Crippen LogP contribution in [0.2, 0.25) is 0 Å². The third-order valence-electron chi connectivity index (χ3n) is 4.53. The highest BCUT2D eigenvalue weighted by molar-refractivity contribution is 5.34. The van der Waals surface area contributed by atoms with Crippen LogP contribution in [0.25, 0.3) is 0 Å². The lowest BCUT2D eigenvalue weighted by atomic mass is 9.59. The molecular weight excluding hydrogens is 196 g/mol. The summed E-state index contributed by atoms with van der Waals surface area (Å²) in [5.41, 5.74) is 2.99. The quantitative estimate of drug-likeness (QED) is 0.639. The molecule has 0 unspecified atom stereocenters. The minimum Gasteiger partial charge on any atom is -0.469 e. The Balaban J connectivity index is 2.08. The van der Waals surface area contributed by atoms with Crippen LogP contribution < -0.4 is 0 Å². The van der Waals surface area contributed by atoms with Gasteiger partial charge in [-0.15, -0.1) is 0 Å². The average Bonchev–Trinajstić information content (AvgIpc) is 2.65. The number of furan rings is 1. The van der Waals surface area contributed by atoms with Crippen LogP contribution in [-0.4, -0.2) is 0 Å². The third kappa shape index (κ3) is 1.30. The van der Waals surface area contributed by atoms with Crippen molar-refractivity contribution in [1.82, 2.24) is 0 Å². The van der Waals surface area contributed by atoms with E-state index >= 15 is 0 Å². The van der Waals surface area contributed by atoms with Crippen molar-refractivity contribution in [3.8, 4) is 0 Å². The molecule has 1 aromatic heterocycles. The summed E-state index contributed by atoms with van der Waals surface area (Å²) in [6.45, 7) is 8.83. The molecule has 0 spiro atoms. The number of fused-ring (bicyclic) bond motifs is 2. The van der Waals surface area contributed by atoms with Gasteiger partial charge in [0, 0.05) is 6.42 Å². The van der Waals surface area contributed by atoms with E-state index in [2.05, 4.69) is 32.9 Å². The van der Waals surface area contributed by atoms with Crippen molar-refractivity contribution < 1.29 is 4.42 Å². The summed E-state index contributed by atoms with van der Waals surface area (Å²) in [4.78, 5) is 0. The van der Waals surface area contributed by atoms with Crippen molar-refractivity contribution in [3.63, 3.8) is 0 Å². The van der Waals surface area contributed by atoms with Crippen molar-refractivity contribution in [3.05, 3.63) is 42.2 Å². The zero-order valence-electron chi connectivity index (χ0n) is 10.1. The lowest BCUT2D eigenvalue weighted by Crippen LogP contribution is -2.40. The normalized spacial score (nSPS) is 31.6. The largest absolute Gasteiger partial charge is 0.469 e. The van der Waals surface area contributed by atoms with Crippen LogP contribution in [0.1, 0.15) is 38.0 Å². The molecule has 0 N–H and O–H groups in total. The summed E-state index contributed by atoms with van der Waals surface area (Å²) in [6.07, 6.45) is 7.73. The first-order valence-electron chi connectivity index (χ1n) is 6.18. The standard InChI is InChI=1S/C15H19O/c1-10-4-5-12-11(8-10)9-14-13(6-7-16-14)15(12,2)3/h6-8,11-12H,1,4-5,9H2,2-3H3/t11-,12-/m0/s1. The van der Waals surface area contributed by atoms with Crippen LogP contribution in [0, 0.1) is 18.8 Å².